The number of rotatable bonds is 18. The quantitative estimate of drug-likeness (QED) is 0.123. The molecule has 8 aliphatic rings. The largest absolute Gasteiger partial charge is 0.393 e. The zero-order valence-electron chi connectivity index (χ0n) is 51.8. The number of carbonyl (C=O) groups is 2. The van der Waals surface area contributed by atoms with Crippen molar-refractivity contribution in [2.24, 2.45) is 110 Å². The van der Waals surface area contributed by atoms with Gasteiger partial charge in [0, 0.05) is 30.6 Å². The van der Waals surface area contributed by atoms with Crippen molar-refractivity contribution in [3.63, 3.8) is 0 Å². The summed E-state index contributed by atoms with van der Waals surface area (Å²) in [6.07, 6.45) is 11.3. The number of carbonyl (C=O) groups excluding carboxylic acids is 2. The summed E-state index contributed by atoms with van der Waals surface area (Å²) >= 11 is 0. The van der Waals surface area contributed by atoms with Crippen LogP contribution in [0.3, 0.4) is 0 Å². The summed E-state index contributed by atoms with van der Waals surface area (Å²) in [5.74, 6) is -8.23. The van der Waals surface area contributed by atoms with Crippen LogP contribution >= 0.6 is 0 Å². The number of ketones is 2. The molecular weight excluding hydrogens is 1110 g/mol. The maximum absolute atomic E-state index is 15.8. The van der Waals surface area contributed by atoms with Gasteiger partial charge in [0.05, 0.1) is 22.0 Å². The Kier molecular flexibility index (Phi) is 19.2. The van der Waals surface area contributed by atoms with Crippen LogP contribution in [0.2, 0.25) is 0 Å². The second-order valence-electron chi connectivity index (χ2n) is 29.9. The third-order valence-corrected chi connectivity index (χ3v) is 29.3. The van der Waals surface area contributed by atoms with Crippen molar-refractivity contribution in [3.05, 3.63) is 60.7 Å². The molecule has 0 saturated heterocycles. The van der Waals surface area contributed by atoms with E-state index >= 15 is 17.6 Å². The number of aliphatic hydroxyl groups excluding tert-OH is 3. The van der Waals surface area contributed by atoms with E-state index in [4.69, 9.17) is 0 Å². The van der Waals surface area contributed by atoms with Gasteiger partial charge in [0.1, 0.15) is 29.2 Å². The Morgan fingerprint density at radius 2 is 0.881 bits per heavy atom. The number of halogens is 4. The van der Waals surface area contributed by atoms with E-state index in [1.54, 1.807) is 43.3 Å². The molecule has 84 heavy (non-hydrogen) atoms. The molecule has 8 saturated carbocycles. The maximum atomic E-state index is 15.8. The predicted molar refractivity (Wildman–Crippen MR) is 320 cm³/mol. The molecular formula is C69H102F4O9S2. The zero-order chi connectivity index (χ0) is 61.3. The van der Waals surface area contributed by atoms with E-state index in [9.17, 15) is 41.7 Å². The van der Waals surface area contributed by atoms with E-state index in [2.05, 4.69) is 34.6 Å². The molecule has 2 aromatic carbocycles. The predicted octanol–water partition coefficient (Wildman–Crippen LogP) is 14.7. The number of benzene rings is 2. The second-order valence-corrected chi connectivity index (χ2v) is 33.9. The summed E-state index contributed by atoms with van der Waals surface area (Å²) in [5.41, 5.74) is -0.987. The number of fused-ring (bicyclic) bond motifs is 10. The van der Waals surface area contributed by atoms with E-state index in [1.807, 2.05) is 20.8 Å². The van der Waals surface area contributed by atoms with Crippen LogP contribution in [0.5, 0.6) is 0 Å². The van der Waals surface area contributed by atoms with Crippen molar-refractivity contribution < 1.29 is 59.3 Å². The molecule has 8 aliphatic carbocycles. The first-order valence-electron chi connectivity index (χ1n) is 32.8. The summed E-state index contributed by atoms with van der Waals surface area (Å²) in [7, 11) is -7.25. The Morgan fingerprint density at radius 1 is 0.524 bits per heavy atom. The van der Waals surface area contributed by atoms with E-state index < -0.39 is 95.8 Å². The fourth-order valence-electron chi connectivity index (χ4n) is 21.8. The zero-order valence-corrected chi connectivity index (χ0v) is 53.5. The van der Waals surface area contributed by atoms with Gasteiger partial charge in [-0.25, -0.2) is 34.4 Å². The Labute approximate surface area is 501 Å². The van der Waals surface area contributed by atoms with Gasteiger partial charge in [-0.15, -0.1) is 0 Å². The van der Waals surface area contributed by atoms with Crippen LogP contribution in [0, 0.1) is 110 Å². The standard InChI is InChI=1S/C35H52F2O4S.C34H50F2O5S/c1-6-26-31(39)30-28-16-15-27(22(2)11-10-12-24(38)21-42(40,41)25-13-8-7-9-14-25)33(28,4)20-18-29(30)34(5)19-17-23(3)35(36,37)32(26)34;1-5-24-30(39)29-26-15-14-25(21(2)10-9-11-22(37)20-42(40,41)23-12-7-6-8-13-23)32(26,3)18-16-27(29)33(4)19-17-28(38)34(35,36)31(24)33/h7-9,13-14,22-23,26-32,39H,6,10-12,15-21H2,1-5H3;6-8,12-13,21,24-31,38-39H,5,9-11,14-20H2,1-4H3/t22-,23-,26+,27?,28?,29?,30?,31-,32+,33-,34-;21-,24+,25?,26?,27?,28-,29?,30-,31+,32-,33-/m11/s1. The SMILES string of the molecule is CC[C@@H]1[C@@H]2C(F)(F)[C@H](C)CC[C@]2(C)C2CC[C@@]3(C)C(CCC3[C@H](C)CCCC(=O)CS(=O)(=O)c3ccccc3)C2[C@@H]1O.CC[C@@H]1[C@@H]2C(F)(F)[C@H](O)CC[C@]2(C)C2CC[C@@]3(C)C(CCC3[C@H](C)CCCC(=O)CS(=O)(=O)c3ccccc3)C2[C@@H]1O. The summed E-state index contributed by atoms with van der Waals surface area (Å²) < 4.78 is 113. The molecule has 0 radical (unpaired) electrons. The second kappa shape index (κ2) is 24.6. The van der Waals surface area contributed by atoms with Crippen LogP contribution in [0.1, 0.15) is 191 Å². The van der Waals surface area contributed by atoms with E-state index in [0.29, 0.717) is 68.1 Å². The van der Waals surface area contributed by atoms with Crippen molar-refractivity contribution >= 4 is 31.2 Å². The van der Waals surface area contributed by atoms with Crippen molar-refractivity contribution in [1.29, 1.82) is 0 Å². The van der Waals surface area contributed by atoms with Gasteiger partial charge in [-0.05, 0) is 207 Å². The van der Waals surface area contributed by atoms with E-state index in [-0.39, 0.29) is 87.0 Å². The molecule has 2 aromatic rings. The average molecular weight is 1220 g/mol. The lowest BCUT2D eigenvalue weighted by Crippen LogP contribution is -2.67. The van der Waals surface area contributed by atoms with Gasteiger partial charge in [0.15, 0.2) is 19.7 Å². The summed E-state index contributed by atoms with van der Waals surface area (Å²) in [5, 5.41) is 34.0. The third kappa shape index (κ3) is 11.5. The summed E-state index contributed by atoms with van der Waals surface area (Å²) in [4.78, 5) is 25.6. The Hall–Kier alpha value is -2.72. The van der Waals surface area contributed by atoms with Crippen LogP contribution in [0.25, 0.3) is 0 Å². The van der Waals surface area contributed by atoms with Crippen LogP contribution in [-0.4, -0.2) is 85.4 Å². The molecule has 0 heterocycles. The van der Waals surface area contributed by atoms with Gasteiger partial charge in [-0.2, -0.15) is 0 Å². The number of Topliss-reactive ketones (excluding diaryl/α,β-unsaturated/α-hetero) is 2. The van der Waals surface area contributed by atoms with E-state index in [1.165, 1.54) is 24.3 Å². The van der Waals surface area contributed by atoms with Crippen LogP contribution in [0.15, 0.2) is 70.5 Å². The number of hydrogen-bond donors (Lipinski definition) is 3. The minimum atomic E-state index is -3.63. The molecule has 0 aliphatic heterocycles. The smallest absolute Gasteiger partial charge is 0.277 e. The molecule has 15 heteroatoms. The number of aliphatic hydroxyl groups is 3. The highest BCUT2D eigenvalue weighted by Crippen LogP contribution is 2.73. The first-order chi connectivity index (χ1) is 39.4. The summed E-state index contributed by atoms with van der Waals surface area (Å²) in [6.45, 7) is 19.0. The minimum absolute atomic E-state index is 0.000404. The Bertz CT molecular complexity index is 2660. The average Bonchev–Trinajstić information content (AvgIpc) is 1.09. The normalized spacial score (nSPS) is 41.8. The molecule has 3 N–H and O–H groups in total. The fourth-order valence-corrected chi connectivity index (χ4v) is 24.4. The Balaban J connectivity index is 0.000000202. The molecule has 0 bridgehead atoms. The first-order valence-corrected chi connectivity index (χ1v) is 36.1. The monoisotopic (exact) mass is 1210 g/mol. The van der Waals surface area contributed by atoms with Crippen molar-refractivity contribution in [2.75, 3.05) is 11.5 Å². The minimum Gasteiger partial charge on any atom is -0.393 e. The maximum Gasteiger partial charge on any atom is 0.277 e. The molecule has 9 nitrogen and oxygen atoms in total. The molecule has 10 rings (SSSR count). The highest BCUT2D eigenvalue weighted by molar-refractivity contribution is 7.92. The van der Waals surface area contributed by atoms with Gasteiger partial charge in [-0.1, -0.05) is 124 Å². The van der Waals surface area contributed by atoms with Gasteiger partial charge in [0.25, 0.3) is 11.8 Å². The highest BCUT2D eigenvalue weighted by atomic mass is 32.2. The molecule has 0 amide bonds. The van der Waals surface area contributed by atoms with E-state index in [0.717, 1.165) is 70.6 Å². The lowest BCUT2D eigenvalue weighted by molar-refractivity contribution is -0.286. The van der Waals surface area contributed by atoms with Crippen LogP contribution < -0.4 is 0 Å². The van der Waals surface area contributed by atoms with Crippen molar-refractivity contribution in [2.45, 2.75) is 231 Å². The van der Waals surface area contributed by atoms with Gasteiger partial charge in [0.2, 0.25) is 0 Å². The Morgan fingerprint density at radius 3 is 1.27 bits per heavy atom. The molecule has 472 valence electrons. The number of sulfone groups is 2. The van der Waals surface area contributed by atoms with Crippen LogP contribution in [-0.2, 0) is 29.3 Å². The van der Waals surface area contributed by atoms with Crippen LogP contribution in [0.4, 0.5) is 17.6 Å². The lowest BCUT2D eigenvalue weighted by Gasteiger charge is -2.66. The van der Waals surface area contributed by atoms with Gasteiger partial charge in [-0.3, -0.25) is 9.59 Å². The number of alkyl halides is 4. The highest BCUT2D eigenvalue weighted by Gasteiger charge is 2.72. The van der Waals surface area contributed by atoms with Crippen molar-refractivity contribution in [3.8, 4) is 0 Å². The molecule has 8 fully saturated rings. The fraction of sp³-hybridized carbons (Fsp3) is 0.797. The van der Waals surface area contributed by atoms with Crippen molar-refractivity contribution in [1.82, 2.24) is 0 Å². The topological polar surface area (TPSA) is 163 Å². The van der Waals surface area contributed by atoms with Gasteiger partial charge >= 0.3 is 0 Å². The molecule has 0 spiro atoms. The first kappa shape index (κ1) is 65.7. The lowest BCUT2D eigenvalue weighted by atomic mass is 9.40. The molecule has 0 aromatic heterocycles. The third-order valence-electron chi connectivity index (χ3n) is 25.9. The molecule has 22 atom stereocenters. The van der Waals surface area contributed by atoms with Gasteiger partial charge < -0.3 is 15.3 Å². The number of hydrogen-bond acceptors (Lipinski definition) is 9. The molecule has 8 unspecified atom stereocenters. The summed E-state index contributed by atoms with van der Waals surface area (Å²) in [6, 6.07) is 16.3.